The minimum atomic E-state index is 0.186. The molecular weight excluding hydrogens is 192 g/mol. The van der Waals surface area contributed by atoms with E-state index in [0.29, 0.717) is 11.7 Å². The van der Waals surface area contributed by atoms with Gasteiger partial charge in [-0.05, 0) is 47.6 Å². The van der Waals surface area contributed by atoms with Crippen molar-refractivity contribution in [2.24, 2.45) is 11.8 Å². The van der Waals surface area contributed by atoms with E-state index in [1.807, 2.05) is 0 Å². The van der Waals surface area contributed by atoms with Crippen molar-refractivity contribution < 1.29 is 4.79 Å². The molecule has 0 spiro atoms. The second kappa shape index (κ2) is 3.85. The first-order valence-electron chi connectivity index (χ1n) is 5.26. The minimum Gasteiger partial charge on any atom is -0.299 e. The van der Waals surface area contributed by atoms with E-state index in [9.17, 15) is 4.79 Å². The van der Waals surface area contributed by atoms with Crippen molar-refractivity contribution in [3.05, 3.63) is 22.4 Å². The second-order valence-electron chi connectivity index (χ2n) is 4.21. The van der Waals surface area contributed by atoms with Crippen LogP contribution in [0, 0.1) is 11.8 Å². The molecule has 2 rings (SSSR count). The minimum absolute atomic E-state index is 0.186. The molecule has 1 nitrogen and oxygen atoms in total. The molecule has 1 fully saturated rings. The predicted molar refractivity (Wildman–Crippen MR) is 59.6 cm³/mol. The average molecular weight is 208 g/mol. The number of rotatable bonds is 4. The first kappa shape index (κ1) is 9.91. The van der Waals surface area contributed by atoms with Crippen molar-refractivity contribution in [1.29, 1.82) is 0 Å². The topological polar surface area (TPSA) is 17.1 Å². The van der Waals surface area contributed by atoms with Crippen LogP contribution < -0.4 is 0 Å². The van der Waals surface area contributed by atoms with Gasteiger partial charge in [0, 0.05) is 5.92 Å². The highest BCUT2D eigenvalue weighted by Crippen LogP contribution is 2.50. The Morgan fingerprint density at radius 1 is 1.71 bits per heavy atom. The molecule has 0 N–H and O–H groups in total. The van der Waals surface area contributed by atoms with E-state index >= 15 is 0 Å². The van der Waals surface area contributed by atoms with Gasteiger partial charge in [0.1, 0.15) is 5.78 Å². The Morgan fingerprint density at radius 3 is 2.93 bits per heavy atom. The largest absolute Gasteiger partial charge is 0.299 e. The van der Waals surface area contributed by atoms with Crippen LogP contribution in [0.3, 0.4) is 0 Å². The highest BCUT2D eigenvalue weighted by atomic mass is 32.1. The zero-order valence-corrected chi connectivity index (χ0v) is 9.51. The molecule has 0 amide bonds. The van der Waals surface area contributed by atoms with Crippen LogP contribution in [-0.4, -0.2) is 5.78 Å². The van der Waals surface area contributed by atoms with E-state index in [1.165, 1.54) is 18.4 Å². The van der Waals surface area contributed by atoms with E-state index in [0.717, 1.165) is 5.92 Å². The maximum Gasteiger partial charge on any atom is 0.137 e. The normalized spacial score (nSPS) is 27.3. The van der Waals surface area contributed by atoms with E-state index in [-0.39, 0.29) is 5.92 Å². The number of hydrogen-bond acceptors (Lipinski definition) is 2. The van der Waals surface area contributed by atoms with Crippen molar-refractivity contribution in [3.8, 4) is 0 Å². The first-order valence-corrected chi connectivity index (χ1v) is 6.20. The van der Waals surface area contributed by atoms with Crippen molar-refractivity contribution >= 4 is 17.1 Å². The standard InChI is InChI=1S/C12H16OS/c1-3-9-6-11(9)12(8(2)13)10-4-5-14-7-10/h4-5,7,9,11-12H,3,6H2,1-2H3. The lowest BCUT2D eigenvalue weighted by Gasteiger charge is -2.11. The van der Waals surface area contributed by atoms with Gasteiger partial charge in [-0.25, -0.2) is 0 Å². The van der Waals surface area contributed by atoms with E-state index in [4.69, 9.17) is 0 Å². The summed E-state index contributed by atoms with van der Waals surface area (Å²) in [6, 6.07) is 2.10. The van der Waals surface area contributed by atoms with Gasteiger partial charge in [-0.15, -0.1) is 0 Å². The Kier molecular flexibility index (Phi) is 2.73. The number of thiophene rings is 1. The highest BCUT2D eigenvalue weighted by Gasteiger charge is 2.44. The Hall–Kier alpha value is -0.630. The molecule has 76 valence electrons. The monoisotopic (exact) mass is 208 g/mol. The van der Waals surface area contributed by atoms with Gasteiger partial charge >= 0.3 is 0 Å². The molecule has 1 aliphatic rings. The fourth-order valence-electron chi connectivity index (χ4n) is 2.38. The molecule has 1 heterocycles. The Morgan fingerprint density at radius 2 is 2.50 bits per heavy atom. The number of hydrogen-bond donors (Lipinski definition) is 0. The van der Waals surface area contributed by atoms with Gasteiger partial charge in [0.05, 0.1) is 0 Å². The van der Waals surface area contributed by atoms with Gasteiger partial charge in [0.25, 0.3) is 0 Å². The number of ketones is 1. The van der Waals surface area contributed by atoms with Gasteiger partial charge < -0.3 is 0 Å². The third-order valence-corrected chi connectivity index (χ3v) is 3.97. The molecule has 0 bridgehead atoms. The van der Waals surface area contributed by atoms with Crippen LogP contribution in [0.2, 0.25) is 0 Å². The smallest absolute Gasteiger partial charge is 0.137 e. The first-order chi connectivity index (χ1) is 6.74. The molecule has 3 unspecified atom stereocenters. The molecule has 3 atom stereocenters. The van der Waals surface area contributed by atoms with Crippen LogP contribution in [0.4, 0.5) is 0 Å². The van der Waals surface area contributed by atoms with Gasteiger partial charge in [-0.3, -0.25) is 4.79 Å². The number of Topliss-reactive ketones (excluding diaryl/α,β-unsaturated/α-hetero) is 1. The zero-order chi connectivity index (χ0) is 10.1. The Bertz CT molecular complexity index is 315. The van der Waals surface area contributed by atoms with Crippen LogP contribution in [0.15, 0.2) is 16.8 Å². The van der Waals surface area contributed by atoms with Gasteiger partial charge in [-0.2, -0.15) is 11.3 Å². The molecular formula is C12H16OS. The molecule has 14 heavy (non-hydrogen) atoms. The van der Waals surface area contributed by atoms with Crippen molar-refractivity contribution in [2.45, 2.75) is 32.6 Å². The molecule has 1 aliphatic carbocycles. The fourth-order valence-corrected chi connectivity index (χ4v) is 3.08. The number of carbonyl (C=O) groups excluding carboxylic acids is 1. The van der Waals surface area contributed by atoms with Crippen molar-refractivity contribution in [2.75, 3.05) is 0 Å². The van der Waals surface area contributed by atoms with Crippen molar-refractivity contribution in [3.63, 3.8) is 0 Å². The second-order valence-corrected chi connectivity index (χ2v) is 4.99. The summed E-state index contributed by atoms with van der Waals surface area (Å²) < 4.78 is 0. The highest BCUT2D eigenvalue weighted by molar-refractivity contribution is 7.08. The van der Waals surface area contributed by atoms with Gasteiger partial charge in [-0.1, -0.05) is 13.3 Å². The summed E-state index contributed by atoms with van der Waals surface area (Å²) in [6.45, 7) is 3.95. The lowest BCUT2D eigenvalue weighted by Crippen LogP contribution is -2.11. The summed E-state index contributed by atoms with van der Waals surface area (Å²) in [4.78, 5) is 11.6. The lowest BCUT2D eigenvalue weighted by molar-refractivity contribution is -0.118. The molecule has 0 saturated heterocycles. The summed E-state index contributed by atoms with van der Waals surface area (Å²) in [6.07, 6.45) is 2.47. The molecule has 0 aliphatic heterocycles. The summed E-state index contributed by atoms with van der Waals surface area (Å²) in [5.74, 6) is 1.95. The summed E-state index contributed by atoms with van der Waals surface area (Å²) in [7, 11) is 0. The molecule has 0 radical (unpaired) electrons. The third kappa shape index (κ3) is 1.76. The van der Waals surface area contributed by atoms with Crippen LogP contribution in [0.1, 0.15) is 38.2 Å². The molecule has 1 aromatic heterocycles. The Balaban J connectivity index is 2.14. The maximum atomic E-state index is 11.6. The van der Waals surface area contributed by atoms with E-state index < -0.39 is 0 Å². The van der Waals surface area contributed by atoms with Crippen LogP contribution >= 0.6 is 11.3 Å². The maximum absolute atomic E-state index is 11.6. The van der Waals surface area contributed by atoms with Gasteiger partial charge in [0.2, 0.25) is 0 Å². The quantitative estimate of drug-likeness (QED) is 0.740. The number of carbonyl (C=O) groups is 1. The molecule has 0 aromatic carbocycles. The van der Waals surface area contributed by atoms with Crippen molar-refractivity contribution in [1.82, 2.24) is 0 Å². The molecule has 1 aromatic rings. The summed E-state index contributed by atoms with van der Waals surface area (Å²) in [5, 5.41) is 4.19. The van der Waals surface area contributed by atoms with Crippen LogP contribution in [0.5, 0.6) is 0 Å². The summed E-state index contributed by atoms with van der Waals surface area (Å²) >= 11 is 1.69. The summed E-state index contributed by atoms with van der Waals surface area (Å²) in [5.41, 5.74) is 1.24. The van der Waals surface area contributed by atoms with Gasteiger partial charge in [0.15, 0.2) is 0 Å². The van der Waals surface area contributed by atoms with Crippen LogP contribution in [-0.2, 0) is 4.79 Å². The predicted octanol–water partition coefficient (Wildman–Crippen LogP) is 3.47. The lowest BCUT2D eigenvalue weighted by atomic mass is 9.91. The van der Waals surface area contributed by atoms with E-state index in [2.05, 4.69) is 23.8 Å². The SMILES string of the molecule is CCC1CC1C(C(C)=O)c1ccsc1. The fraction of sp³-hybridized carbons (Fsp3) is 0.583. The Labute approximate surface area is 89.1 Å². The third-order valence-electron chi connectivity index (χ3n) is 3.27. The average Bonchev–Trinajstić information content (AvgIpc) is 2.69. The van der Waals surface area contributed by atoms with E-state index in [1.54, 1.807) is 18.3 Å². The molecule has 2 heteroatoms. The van der Waals surface area contributed by atoms with Crippen LogP contribution in [0.25, 0.3) is 0 Å². The zero-order valence-electron chi connectivity index (χ0n) is 8.69. The molecule has 1 saturated carbocycles.